The first-order chi connectivity index (χ1) is 12.2. The van der Waals surface area contributed by atoms with Crippen LogP contribution in [0.3, 0.4) is 0 Å². The van der Waals surface area contributed by atoms with Crippen LogP contribution >= 0.6 is 0 Å². The number of fused-ring (bicyclic) bond motifs is 1. The second kappa shape index (κ2) is 6.64. The fraction of sp³-hybridized carbons (Fsp3) is 0.316. The number of aromatic amines is 1. The van der Waals surface area contributed by atoms with Crippen LogP contribution in [0.25, 0.3) is 10.9 Å². The molecule has 4 rings (SSSR count). The molecule has 0 aliphatic carbocycles. The first-order valence-corrected chi connectivity index (χ1v) is 8.61. The van der Waals surface area contributed by atoms with Gasteiger partial charge in [-0.1, -0.05) is 24.3 Å². The summed E-state index contributed by atoms with van der Waals surface area (Å²) in [6, 6.07) is 14.0. The van der Waals surface area contributed by atoms with Crippen LogP contribution in [0.4, 0.5) is 0 Å². The van der Waals surface area contributed by atoms with Crippen molar-refractivity contribution < 1.29 is 4.79 Å². The smallest absolute Gasteiger partial charge is 0.275 e. The van der Waals surface area contributed by atoms with Gasteiger partial charge in [0.15, 0.2) is 5.69 Å². The van der Waals surface area contributed by atoms with Crippen molar-refractivity contribution in [2.24, 2.45) is 0 Å². The molecule has 6 nitrogen and oxygen atoms in total. The number of piperazine rings is 1. The number of carbonyl (C=O) groups is 1. The monoisotopic (exact) mass is 335 g/mol. The number of rotatable bonds is 3. The molecule has 25 heavy (non-hydrogen) atoms. The Labute approximate surface area is 146 Å². The maximum absolute atomic E-state index is 12.8. The van der Waals surface area contributed by atoms with Crippen molar-refractivity contribution in [1.82, 2.24) is 25.0 Å². The lowest BCUT2D eigenvalue weighted by molar-refractivity contribution is 0.0575. The van der Waals surface area contributed by atoms with Crippen LogP contribution in [0.5, 0.6) is 0 Å². The first kappa shape index (κ1) is 15.8. The van der Waals surface area contributed by atoms with Crippen molar-refractivity contribution in [3.8, 4) is 0 Å². The number of H-pyrrole nitrogens is 1. The van der Waals surface area contributed by atoms with Gasteiger partial charge in [0.1, 0.15) is 0 Å². The average molecular weight is 335 g/mol. The molecule has 0 spiro atoms. The number of benzene rings is 1. The Morgan fingerprint density at radius 1 is 1.08 bits per heavy atom. The molecule has 0 unspecified atom stereocenters. The van der Waals surface area contributed by atoms with Crippen molar-refractivity contribution >= 4 is 16.8 Å². The maximum atomic E-state index is 12.8. The van der Waals surface area contributed by atoms with Crippen molar-refractivity contribution in [3.63, 3.8) is 0 Å². The summed E-state index contributed by atoms with van der Waals surface area (Å²) in [4.78, 5) is 21.5. The van der Waals surface area contributed by atoms with E-state index in [1.807, 2.05) is 47.5 Å². The average Bonchev–Trinajstić information content (AvgIpc) is 3.12. The summed E-state index contributed by atoms with van der Waals surface area (Å²) >= 11 is 0. The Morgan fingerprint density at radius 2 is 1.84 bits per heavy atom. The van der Waals surface area contributed by atoms with Crippen molar-refractivity contribution in [1.29, 1.82) is 0 Å². The lowest BCUT2D eigenvalue weighted by Crippen LogP contribution is -2.49. The van der Waals surface area contributed by atoms with Gasteiger partial charge in [-0.05, 0) is 25.1 Å². The molecule has 128 valence electrons. The topological polar surface area (TPSA) is 65.1 Å². The van der Waals surface area contributed by atoms with E-state index in [9.17, 15) is 4.79 Å². The number of pyridine rings is 1. The van der Waals surface area contributed by atoms with E-state index in [4.69, 9.17) is 0 Å². The molecular weight excluding hydrogens is 314 g/mol. The van der Waals surface area contributed by atoms with Gasteiger partial charge in [0, 0.05) is 43.8 Å². The van der Waals surface area contributed by atoms with E-state index in [-0.39, 0.29) is 11.9 Å². The highest BCUT2D eigenvalue weighted by Crippen LogP contribution is 2.21. The third-order valence-electron chi connectivity index (χ3n) is 4.94. The lowest BCUT2D eigenvalue weighted by atomic mass is 10.1. The van der Waals surface area contributed by atoms with E-state index >= 15 is 0 Å². The van der Waals surface area contributed by atoms with Gasteiger partial charge in [-0.25, -0.2) is 0 Å². The van der Waals surface area contributed by atoms with E-state index < -0.39 is 0 Å². The van der Waals surface area contributed by atoms with Crippen LogP contribution in [0.1, 0.15) is 29.1 Å². The van der Waals surface area contributed by atoms with Crippen molar-refractivity contribution in [2.45, 2.75) is 13.0 Å². The van der Waals surface area contributed by atoms with Gasteiger partial charge >= 0.3 is 0 Å². The molecule has 3 heterocycles. The molecule has 1 aliphatic rings. The lowest BCUT2D eigenvalue weighted by Gasteiger charge is -2.37. The molecule has 0 radical (unpaired) electrons. The molecule has 0 bridgehead atoms. The second-order valence-electron chi connectivity index (χ2n) is 6.38. The SMILES string of the molecule is C[C@@H](c1ccccn1)N1CCN(C(=O)c2n[nH]c3ccccc23)CC1. The van der Waals surface area contributed by atoms with Crippen molar-refractivity contribution in [2.75, 3.05) is 26.2 Å². The van der Waals surface area contributed by atoms with E-state index in [1.165, 1.54) is 0 Å². The summed E-state index contributed by atoms with van der Waals surface area (Å²) in [6.45, 7) is 5.26. The third kappa shape index (κ3) is 3.00. The zero-order valence-corrected chi connectivity index (χ0v) is 14.2. The normalized spacial score (nSPS) is 16.9. The number of aromatic nitrogens is 3. The number of nitrogens with one attached hydrogen (secondary N) is 1. The summed E-state index contributed by atoms with van der Waals surface area (Å²) in [7, 11) is 0. The summed E-state index contributed by atoms with van der Waals surface area (Å²) in [5, 5.41) is 8.06. The molecule has 0 saturated carbocycles. The number of para-hydroxylation sites is 1. The quantitative estimate of drug-likeness (QED) is 0.799. The first-order valence-electron chi connectivity index (χ1n) is 8.61. The molecule has 1 N–H and O–H groups in total. The number of carbonyl (C=O) groups excluding carboxylic acids is 1. The molecule has 2 aromatic heterocycles. The maximum Gasteiger partial charge on any atom is 0.275 e. The highest BCUT2D eigenvalue weighted by Gasteiger charge is 2.27. The minimum Gasteiger partial charge on any atom is -0.335 e. The molecule has 6 heteroatoms. The van der Waals surface area contributed by atoms with Gasteiger partial charge in [-0.3, -0.25) is 19.8 Å². The van der Waals surface area contributed by atoms with Gasteiger partial charge in [-0.15, -0.1) is 0 Å². The molecule has 1 fully saturated rings. The van der Waals surface area contributed by atoms with E-state index in [0.717, 1.165) is 29.7 Å². The molecule has 1 saturated heterocycles. The fourth-order valence-corrected chi connectivity index (χ4v) is 3.40. The summed E-state index contributed by atoms with van der Waals surface area (Å²) < 4.78 is 0. The third-order valence-corrected chi connectivity index (χ3v) is 4.94. The van der Waals surface area contributed by atoms with Gasteiger partial charge in [-0.2, -0.15) is 5.10 Å². The van der Waals surface area contributed by atoms with E-state index in [2.05, 4.69) is 33.1 Å². The number of amides is 1. The van der Waals surface area contributed by atoms with Gasteiger partial charge in [0.25, 0.3) is 5.91 Å². The van der Waals surface area contributed by atoms with Crippen LogP contribution in [0.15, 0.2) is 48.7 Å². The Kier molecular flexibility index (Phi) is 4.19. The summed E-state index contributed by atoms with van der Waals surface area (Å²) in [5.41, 5.74) is 2.48. The number of nitrogens with zero attached hydrogens (tertiary/aromatic N) is 4. The van der Waals surface area contributed by atoms with Gasteiger partial charge in [0.05, 0.1) is 11.2 Å². The molecule has 1 aliphatic heterocycles. The van der Waals surface area contributed by atoms with Gasteiger partial charge < -0.3 is 4.90 Å². The van der Waals surface area contributed by atoms with E-state index in [0.29, 0.717) is 18.8 Å². The standard InChI is InChI=1S/C19H21N5O/c1-14(16-7-4-5-9-20-16)23-10-12-24(13-11-23)19(25)18-15-6-2-3-8-17(15)21-22-18/h2-9,14H,10-13H2,1H3,(H,21,22)/t14-/m0/s1. The molecule has 1 amide bonds. The van der Waals surface area contributed by atoms with Gasteiger partial charge in [0.2, 0.25) is 0 Å². The van der Waals surface area contributed by atoms with Crippen LogP contribution in [0.2, 0.25) is 0 Å². The minimum atomic E-state index is 0.00240. The van der Waals surface area contributed by atoms with Crippen LogP contribution in [-0.4, -0.2) is 57.1 Å². The Morgan fingerprint density at radius 3 is 2.60 bits per heavy atom. The van der Waals surface area contributed by atoms with Crippen LogP contribution < -0.4 is 0 Å². The molecule has 1 aromatic carbocycles. The highest BCUT2D eigenvalue weighted by atomic mass is 16.2. The Hall–Kier alpha value is -2.73. The predicted octanol–water partition coefficient (Wildman–Crippen LogP) is 2.48. The van der Waals surface area contributed by atoms with Crippen LogP contribution in [-0.2, 0) is 0 Å². The predicted molar refractivity (Wildman–Crippen MR) is 96.2 cm³/mol. The number of hydrogen-bond donors (Lipinski definition) is 1. The van der Waals surface area contributed by atoms with Crippen LogP contribution in [0, 0.1) is 0 Å². The summed E-state index contributed by atoms with van der Waals surface area (Å²) in [6.07, 6.45) is 1.83. The molecule has 1 atom stereocenters. The summed E-state index contributed by atoms with van der Waals surface area (Å²) in [5.74, 6) is 0.00240. The largest absolute Gasteiger partial charge is 0.335 e. The van der Waals surface area contributed by atoms with Crippen molar-refractivity contribution in [3.05, 3.63) is 60.0 Å². The Bertz CT molecular complexity index is 868. The fourth-order valence-electron chi connectivity index (χ4n) is 3.40. The second-order valence-corrected chi connectivity index (χ2v) is 6.38. The van der Waals surface area contributed by atoms with E-state index in [1.54, 1.807) is 0 Å². The zero-order valence-electron chi connectivity index (χ0n) is 14.2. The Balaban J connectivity index is 1.44. The molecular formula is C19H21N5O. The molecule has 3 aromatic rings. The number of hydrogen-bond acceptors (Lipinski definition) is 4. The minimum absolute atomic E-state index is 0.00240. The zero-order chi connectivity index (χ0) is 17.2. The highest BCUT2D eigenvalue weighted by molar-refractivity contribution is 6.04.